The molecule has 1 heterocycles. The summed E-state index contributed by atoms with van der Waals surface area (Å²) in [6.45, 7) is 3.64. The first-order chi connectivity index (χ1) is 11.2. The van der Waals surface area contributed by atoms with Crippen LogP contribution in [0.5, 0.6) is 0 Å². The topological polar surface area (TPSA) is 95.1 Å². The van der Waals surface area contributed by atoms with Gasteiger partial charge >= 0.3 is 0 Å². The molecule has 3 rings (SSSR count). The largest absolute Gasteiger partial charge is 0.268 e. The van der Waals surface area contributed by atoms with Gasteiger partial charge < -0.3 is 0 Å². The van der Waals surface area contributed by atoms with Crippen LogP contribution in [0.1, 0.15) is 11.4 Å². The first-order valence-corrected chi connectivity index (χ1v) is 8.93. The Bertz CT molecular complexity index is 1120. The maximum atomic E-state index is 12.9. The van der Waals surface area contributed by atoms with E-state index in [1.807, 2.05) is 19.1 Å². The van der Waals surface area contributed by atoms with E-state index >= 15 is 0 Å². The number of fused-ring (bicyclic) bond motifs is 1. The van der Waals surface area contributed by atoms with Crippen molar-refractivity contribution in [2.24, 2.45) is 5.14 Å². The van der Waals surface area contributed by atoms with E-state index in [4.69, 9.17) is 16.7 Å². The van der Waals surface area contributed by atoms with Crippen molar-refractivity contribution in [2.45, 2.75) is 18.7 Å². The third kappa shape index (κ3) is 2.82. The molecule has 0 amide bonds. The van der Waals surface area contributed by atoms with Crippen LogP contribution in [0, 0.1) is 13.8 Å². The number of sulfonamides is 1. The van der Waals surface area contributed by atoms with Crippen molar-refractivity contribution in [1.29, 1.82) is 0 Å². The lowest BCUT2D eigenvalue weighted by Crippen LogP contribution is -2.23. The van der Waals surface area contributed by atoms with Gasteiger partial charge in [-0.2, -0.15) is 0 Å². The Balaban J connectivity index is 2.39. The minimum atomic E-state index is -4.04. The summed E-state index contributed by atoms with van der Waals surface area (Å²) in [5.41, 5.74) is 1.63. The highest BCUT2D eigenvalue weighted by molar-refractivity contribution is 7.89. The van der Waals surface area contributed by atoms with Crippen molar-refractivity contribution in [3.05, 3.63) is 63.2 Å². The molecule has 0 fully saturated rings. The van der Waals surface area contributed by atoms with Crippen molar-refractivity contribution in [1.82, 2.24) is 9.55 Å². The SMILES string of the molecule is Cc1ccc(-n2c(C)nc3cc(Cl)c(S(N)(=O)=O)cc3c2=O)cc1. The zero-order chi connectivity index (χ0) is 17.6. The molecule has 3 aromatic rings. The number of halogens is 1. The van der Waals surface area contributed by atoms with E-state index in [1.54, 1.807) is 19.1 Å². The molecule has 1 aromatic heterocycles. The number of hydrogen-bond acceptors (Lipinski definition) is 4. The molecule has 0 aliphatic rings. The summed E-state index contributed by atoms with van der Waals surface area (Å²) in [4.78, 5) is 16.9. The number of nitrogens with zero attached hydrogens (tertiary/aromatic N) is 2. The number of nitrogens with two attached hydrogens (primary N) is 1. The highest BCUT2D eigenvalue weighted by atomic mass is 35.5. The predicted molar refractivity (Wildman–Crippen MR) is 93.2 cm³/mol. The van der Waals surface area contributed by atoms with E-state index in [9.17, 15) is 13.2 Å². The maximum absolute atomic E-state index is 12.9. The second kappa shape index (κ2) is 5.70. The second-order valence-corrected chi connectivity index (χ2v) is 7.42. The lowest BCUT2D eigenvalue weighted by molar-refractivity contribution is 0.598. The second-order valence-electron chi connectivity index (χ2n) is 5.48. The Hall–Kier alpha value is -2.22. The number of aromatic nitrogens is 2. The smallest absolute Gasteiger partial charge is 0.266 e. The first kappa shape index (κ1) is 16.6. The number of primary sulfonamides is 1. The first-order valence-electron chi connectivity index (χ1n) is 7.01. The van der Waals surface area contributed by atoms with Gasteiger partial charge in [0, 0.05) is 0 Å². The number of benzene rings is 2. The van der Waals surface area contributed by atoms with Crippen molar-refractivity contribution >= 4 is 32.5 Å². The van der Waals surface area contributed by atoms with E-state index in [-0.39, 0.29) is 20.9 Å². The minimum Gasteiger partial charge on any atom is -0.268 e. The molecule has 0 aliphatic heterocycles. The Morgan fingerprint density at radius 2 is 1.75 bits per heavy atom. The molecular weight excluding hydrogens is 350 g/mol. The average molecular weight is 364 g/mol. The van der Waals surface area contributed by atoms with Crippen LogP contribution in [-0.2, 0) is 10.0 Å². The quantitative estimate of drug-likeness (QED) is 0.755. The zero-order valence-corrected chi connectivity index (χ0v) is 14.5. The van der Waals surface area contributed by atoms with Gasteiger partial charge in [0.05, 0.1) is 21.6 Å². The highest BCUT2D eigenvalue weighted by Gasteiger charge is 2.18. The summed E-state index contributed by atoms with van der Waals surface area (Å²) in [6.07, 6.45) is 0. The molecule has 0 unspecified atom stereocenters. The van der Waals surface area contributed by atoms with Crippen LogP contribution in [-0.4, -0.2) is 18.0 Å². The molecule has 0 radical (unpaired) electrons. The van der Waals surface area contributed by atoms with Gasteiger partial charge in [0.25, 0.3) is 5.56 Å². The Labute approximate surface area is 143 Å². The van der Waals surface area contributed by atoms with Crippen LogP contribution in [0.25, 0.3) is 16.6 Å². The molecule has 6 nitrogen and oxygen atoms in total. The zero-order valence-electron chi connectivity index (χ0n) is 12.9. The molecule has 24 heavy (non-hydrogen) atoms. The summed E-state index contributed by atoms with van der Waals surface area (Å²) in [7, 11) is -4.04. The van der Waals surface area contributed by atoms with E-state index in [0.29, 0.717) is 17.0 Å². The van der Waals surface area contributed by atoms with Crippen LogP contribution in [0.2, 0.25) is 5.02 Å². The fourth-order valence-electron chi connectivity index (χ4n) is 2.51. The van der Waals surface area contributed by atoms with Gasteiger partial charge in [0.15, 0.2) is 0 Å². The van der Waals surface area contributed by atoms with Crippen molar-refractivity contribution in [3.8, 4) is 5.69 Å². The molecule has 0 aliphatic carbocycles. The molecule has 2 aromatic carbocycles. The fraction of sp³-hybridized carbons (Fsp3) is 0.125. The summed E-state index contributed by atoms with van der Waals surface area (Å²) >= 11 is 5.96. The van der Waals surface area contributed by atoms with Gasteiger partial charge in [-0.1, -0.05) is 29.3 Å². The van der Waals surface area contributed by atoms with Crippen LogP contribution >= 0.6 is 11.6 Å². The fourth-order valence-corrected chi connectivity index (χ4v) is 3.61. The summed E-state index contributed by atoms with van der Waals surface area (Å²) in [5, 5.41) is 5.22. The highest BCUT2D eigenvalue weighted by Crippen LogP contribution is 2.25. The molecule has 0 saturated heterocycles. The number of rotatable bonds is 2. The van der Waals surface area contributed by atoms with Crippen molar-refractivity contribution in [2.75, 3.05) is 0 Å². The van der Waals surface area contributed by atoms with Gasteiger partial charge in [-0.05, 0) is 38.1 Å². The number of aryl methyl sites for hydroxylation is 2. The molecule has 0 saturated carbocycles. The van der Waals surface area contributed by atoms with Gasteiger partial charge in [-0.15, -0.1) is 0 Å². The van der Waals surface area contributed by atoms with Crippen molar-refractivity contribution < 1.29 is 8.42 Å². The molecule has 8 heteroatoms. The Morgan fingerprint density at radius 1 is 1.12 bits per heavy atom. The van der Waals surface area contributed by atoms with E-state index in [1.165, 1.54) is 16.7 Å². The van der Waals surface area contributed by atoms with E-state index < -0.39 is 10.0 Å². The van der Waals surface area contributed by atoms with Crippen LogP contribution < -0.4 is 10.7 Å². The van der Waals surface area contributed by atoms with Gasteiger partial charge in [-0.3, -0.25) is 9.36 Å². The molecule has 0 atom stereocenters. The molecule has 2 N–H and O–H groups in total. The summed E-state index contributed by atoms with van der Waals surface area (Å²) in [6, 6.07) is 9.87. The molecule has 124 valence electrons. The Kier molecular flexibility index (Phi) is 3.95. The van der Waals surface area contributed by atoms with Crippen LogP contribution in [0.3, 0.4) is 0 Å². The van der Waals surface area contributed by atoms with Gasteiger partial charge in [0.1, 0.15) is 10.7 Å². The number of hydrogen-bond donors (Lipinski definition) is 1. The lowest BCUT2D eigenvalue weighted by atomic mass is 10.2. The van der Waals surface area contributed by atoms with E-state index in [2.05, 4.69) is 4.98 Å². The molecular formula is C16H14ClN3O3S. The van der Waals surface area contributed by atoms with E-state index in [0.717, 1.165) is 5.56 Å². The normalized spacial score (nSPS) is 11.8. The third-order valence-corrected chi connectivity index (χ3v) is 5.06. The minimum absolute atomic E-state index is 0.0654. The standard InChI is InChI=1S/C16H14ClN3O3S/c1-9-3-5-11(6-4-9)20-10(2)19-14-8-13(17)15(24(18,22)23)7-12(14)16(20)21/h3-8H,1-2H3,(H2,18,22,23). The third-order valence-electron chi connectivity index (χ3n) is 3.69. The lowest BCUT2D eigenvalue weighted by Gasteiger charge is -2.12. The Morgan fingerprint density at radius 3 is 2.33 bits per heavy atom. The predicted octanol–water partition coefficient (Wildman–Crippen LogP) is 2.30. The monoisotopic (exact) mass is 363 g/mol. The average Bonchev–Trinajstić information content (AvgIpc) is 2.47. The molecule has 0 spiro atoms. The summed E-state index contributed by atoms with van der Waals surface area (Å²) < 4.78 is 24.7. The van der Waals surface area contributed by atoms with Crippen LogP contribution in [0.4, 0.5) is 0 Å². The molecule has 0 bridgehead atoms. The summed E-state index contributed by atoms with van der Waals surface area (Å²) in [5.74, 6) is 0.468. The van der Waals surface area contributed by atoms with Crippen molar-refractivity contribution in [3.63, 3.8) is 0 Å². The maximum Gasteiger partial charge on any atom is 0.266 e. The van der Waals surface area contributed by atoms with Crippen LogP contribution in [0.15, 0.2) is 46.1 Å². The van der Waals surface area contributed by atoms with Gasteiger partial charge in [0.2, 0.25) is 10.0 Å². The van der Waals surface area contributed by atoms with Gasteiger partial charge in [-0.25, -0.2) is 18.5 Å².